The van der Waals surface area contributed by atoms with E-state index in [1.165, 1.54) is 0 Å². The minimum absolute atomic E-state index is 0.0900. The van der Waals surface area contributed by atoms with Crippen LogP contribution in [0.15, 0.2) is 0 Å². The molecule has 1 amide bonds. The van der Waals surface area contributed by atoms with E-state index in [0.29, 0.717) is 12.0 Å². The molecule has 0 saturated heterocycles. The zero-order valence-electron chi connectivity index (χ0n) is 9.94. The molecule has 0 aromatic carbocycles. The molecule has 0 aliphatic heterocycles. The molecular formula is C11H24N2O. The first kappa shape index (κ1) is 13.4. The monoisotopic (exact) mass is 200 g/mol. The second kappa shape index (κ2) is 6.82. The van der Waals surface area contributed by atoms with E-state index in [1.54, 1.807) is 7.05 Å². The van der Waals surface area contributed by atoms with Gasteiger partial charge < -0.3 is 10.6 Å². The molecule has 0 heterocycles. The van der Waals surface area contributed by atoms with Gasteiger partial charge in [-0.05, 0) is 31.7 Å². The van der Waals surface area contributed by atoms with Crippen LogP contribution in [0, 0.1) is 5.41 Å². The molecule has 0 rings (SSSR count). The Bertz CT molecular complexity index is 156. The lowest BCUT2D eigenvalue weighted by Crippen LogP contribution is -2.40. The van der Waals surface area contributed by atoms with Crippen molar-refractivity contribution < 1.29 is 4.79 Å². The SMILES string of the molecule is CCC(CC)(CC)CNC(=O)CNC. The molecule has 0 saturated carbocycles. The molecule has 0 fully saturated rings. The number of likely N-dealkylation sites (N-methyl/N-ethyl adjacent to an activating group) is 1. The Balaban J connectivity index is 3.99. The van der Waals surface area contributed by atoms with Gasteiger partial charge in [0.2, 0.25) is 5.91 Å². The predicted molar refractivity (Wildman–Crippen MR) is 60.2 cm³/mol. The number of nitrogens with one attached hydrogen (secondary N) is 2. The van der Waals surface area contributed by atoms with Crippen molar-refractivity contribution >= 4 is 5.91 Å². The van der Waals surface area contributed by atoms with Crippen molar-refractivity contribution in [2.45, 2.75) is 40.0 Å². The predicted octanol–water partition coefficient (Wildman–Crippen LogP) is 1.54. The fourth-order valence-electron chi connectivity index (χ4n) is 1.63. The molecule has 2 N–H and O–H groups in total. The Morgan fingerprint density at radius 3 is 2.00 bits per heavy atom. The minimum Gasteiger partial charge on any atom is -0.354 e. The Labute approximate surface area is 87.6 Å². The molecule has 0 aromatic rings. The molecule has 0 radical (unpaired) electrons. The Hall–Kier alpha value is -0.570. The first-order chi connectivity index (χ1) is 6.64. The third-order valence-corrected chi connectivity index (χ3v) is 3.25. The van der Waals surface area contributed by atoms with Gasteiger partial charge in [-0.3, -0.25) is 4.79 Å². The van der Waals surface area contributed by atoms with Crippen molar-refractivity contribution in [3.63, 3.8) is 0 Å². The van der Waals surface area contributed by atoms with Crippen LogP contribution in [0.2, 0.25) is 0 Å². The van der Waals surface area contributed by atoms with Crippen molar-refractivity contribution in [3.8, 4) is 0 Å². The van der Waals surface area contributed by atoms with Gasteiger partial charge in [-0.25, -0.2) is 0 Å². The van der Waals surface area contributed by atoms with Crippen LogP contribution in [-0.2, 0) is 4.79 Å². The first-order valence-corrected chi connectivity index (χ1v) is 5.55. The largest absolute Gasteiger partial charge is 0.354 e. The third-order valence-electron chi connectivity index (χ3n) is 3.25. The molecular weight excluding hydrogens is 176 g/mol. The number of amides is 1. The van der Waals surface area contributed by atoms with Gasteiger partial charge in [0.05, 0.1) is 6.54 Å². The molecule has 0 aliphatic carbocycles. The molecule has 14 heavy (non-hydrogen) atoms. The van der Waals surface area contributed by atoms with Crippen molar-refractivity contribution in [1.82, 2.24) is 10.6 Å². The highest BCUT2D eigenvalue weighted by atomic mass is 16.1. The first-order valence-electron chi connectivity index (χ1n) is 5.55. The molecule has 0 atom stereocenters. The highest BCUT2D eigenvalue weighted by Crippen LogP contribution is 2.28. The standard InChI is InChI=1S/C11H24N2O/c1-5-11(6-2,7-3)9-13-10(14)8-12-4/h12H,5-9H2,1-4H3,(H,13,14). The maximum atomic E-state index is 11.3. The maximum Gasteiger partial charge on any atom is 0.233 e. The maximum absolute atomic E-state index is 11.3. The van der Waals surface area contributed by atoms with Gasteiger partial charge in [0.15, 0.2) is 0 Å². The fraction of sp³-hybridized carbons (Fsp3) is 0.909. The summed E-state index contributed by atoms with van der Waals surface area (Å²) in [5.41, 5.74) is 0.295. The topological polar surface area (TPSA) is 41.1 Å². The van der Waals surface area contributed by atoms with Crippen LogP contribution in [0.1, 0.15) is 40.0 Å². The minimum atomic E-state index is 0.0900. The summed E-state index contributed by atoms with van der Waals surface area (Å²) in [6, 6.07) is 0. The van der Waals surface area contributed by atoms with Crippen molar-refractivity contribution in [1.29, 1.82) is 0 Å². The van der Waals surface area contributed by atoms with Crippen LogP contribution in [-0.4, -0.2) is 26.0 Å². The van der Waals surface area contributed by atoms with Gasteiger partial charge in [-0.15, -0.1) is 0 Å². The van der Waals surface area contributed by atoms with E-state index < -0.39 is 0 Å². The summed E-state index contributed by atoms with van der Waals surface area (Å²) in [6.07, 6.45) is 3.37. The molecule has 0 bridgehead atoms. The van der Waals surface area contributed by atoms with Gasteiger partial charge in [0.25, 0.3) is 0 Å². The number of carbonyl (C=O) groups is 1. The number of hydrogen-bond donors (Lipinski definition) is 2. The molecule has 3 nitrogen and oxygen atoms in total. The zero-order valence-corrected chi connectivity index (χ0v) is 9.94. The van der Waals surface area contributed by atoms with Gasteiger partial charge in [0, 0.05) is 6.54 Å². The summed E-state index contributed by atoms with van der Waals surface area (Å²) in [7, 11) is 1.78. The normalized spacial score (nSPS) is 11.4. The van der Waals surface area contributed by atoms with Crippen molar-refractivity contribution in [2.75, 3.05) is 20.1 Å². The third kappa shape index (κ3) is 4.09. The summed E-state index contributed by atoms with van der Waals surface area (Å²) in [6.45, 7) is 7.79. The van der Waals surface area contributed by atoms with E-state index in [4.69, 9.17) is 0 Å². The Morgan fingerprint density at radius 1 is 1.14 bits per heavy atom. The number of rotatable bonds is 7. The van der Waals surface area contributed by atoms with Gasteiger partial charge >= 0.3 is 0 Å². The molecule has 0 aliphatic rings. The van der Waals surface area contributed by atoms with E-state index in [-0.39, 0.29) is 5.91 Å². The lowest BCUT2D eigenvalue weighted by atomic mass is 9.80. The second-order valence-corrected chi connectivity index (χ2v) is 3.87. The second-order valence-electron chi connectivity index (χ2n) is 3.87. The molecule has 84 valence electrons. The quantitative estimate of drug-likeness (QED) is 0.654. The highest BCUT2D eigenvalue weighted by Gasteiger charge is 2.23. The average molecular weight is 200 g/mol. The van der Waals surface area contributed by atoms with Crippen LogP contribution in [0.5, 0.6) is 0 Å². The number of hydrogen-bond acceptors (Lipinski definition) is 2. The van der Waals surface area contributed by atoms with E-state index >= 15 is 0 Å². The van der Waals surface area contributed by atoms with Gasteiger partial charge in [-0.2, -0.15) is 0 Å². The highest BCUT2D eigenvalue weighted by molar-refractivity contribution is 5.77. The summed E-state index contributed by atoms with van der Waals surface area (Å²) >= 11 is 0. The van der Waals surface area contributed by atoms with E-state index in [0.717, 1.165) is 25.8 Å². The fourth-order valence-corrected chi connectivity index (χ4v) is 1.63. The number of carbonyl (C=O) groups excluding carboxylic acids is 1. The summed E-state index contributed by atoms with van der Waals surface area (Å²) in [5, 5.41) is 5.82. The summed E-state index contributed by atoms with van der Waals surface area (Å²) < 4.78 is 0. The van der Waals surface area contributed by atoms with E-state index in [2.05, 4.69) is 31.4 Å². The van der Waals surface area contributed by atoms with Gasteiger partial charge in [-0.1, -0.05) is 20.8 Å². The molecule has 0 unspecified atom stereocenters. The zero-order chi connectivity index (χ0) is 11.0. The van der Waals surface area contributed by atoms with Crippen LogP contribution in [0.3, 0.4) is 0 Å². The Morgan fingerprint density at radius 2 is 1.64 bits per heavy atom. The van der Waals surface area contributed by atoms with Gasteiger partial charge in [0.1, 0.15) is 0 Å². The van der Waals surface area contributed by atoms with Crippen molar-refractivity contribution in [2.24, 2.45) is 5.41 Å². The molecule has 0 aromatic heterocycles. The lowest BCUT2D eigenvalue weighted by molar-refractivity contribution is -0.120. The van der Waals surface area contributed by atoms with Crippen molar-refractivity contribution in [3.05, 3.63) is 0 Å². The Kier molecular flexibility index (Phi) is 6.54. The van der Waals surface area contributed by atoms with E-state index in [9.17, 15) is 4.79 Å². The molecule has 3 heteroatoms. The average Bonchev–Trinajstić information content (AvgIpc) is 2.21. The smallest absolute Gasteiger partial charge is 0.233 e. The van der Waals surface area contributed by atoms with Crippen LogP contribution in [0.25, 0.3) is 0 Å². The van der Waals surface area contributed by atoms with Crippen LogP contribution in [0.4, 0.5) is 0 Å². The molecule has 0 spiro atoms. The lowest BCUT2D eigenvalue weighted by Gasteiger charge is -2.30. The van der Waals surface area contributed by atoms with Crippen LogP contribution < -0.4 is 10.6 Å². The summed E-state index contributed by atoms with van der Waals surface area (Å²) in [5.74, 6) is 0.0900. The summed E-state index contributed by atoms with van der Waals surface area (Å²) in [4.78, 5) is 11.3. The van der Waals surface area contributed by atoms with E-state index in [1.807, 2.05) is 0 Å². The van der Waals surface area contributed by atoms with Crippen LogP contribution >= 0.6 is 0 Å².